The molecular formula is C48H30O. The van der Waals surface area contributed by atoms with Gasteiger partial charge in [0.25, 0.3) is 0 Å². The van der Waals surface area contributed by atoms with E-state index in [1.54, 1.807) is 6.07 Å². The van der Waals surface area contributed by atoms with E-state index in [2.05, 4.69) is 30.3 Å². The number of hydrogen-bond donors (Lipinski definition) is 0. The average Bonchev–Trinajstić information content (AvgIpc) is 3.65. The molecule has 0 radical (unpaired) electrons. The Labute approximate surface area is 298 Å². The van der Waals surface area contributed by atoms with Gasteiger partial charge >= 0.3 is 0 Å². The molecule has 10 aromatic rings. The first-order valence-electron chi connectivity index (χ1n) is 21.0. The van der Waals surface area contributed by atoms with Crippen LogP contribution >= 0.6 is 0 Å². The molecule has 1 nitrogen and oxygen atoms in total. The van der Waals surface area contributed by atoms with Crippen molar-refractivity contribution in [1.29, 1.82) is 0 Å². The predicted molar refractivity (Wildman–Crippen MR) is 208 cm³/mol. The maximum atomic E-state index is 8.52. The topological polar surface area (TPSA) is 13.1 Å². The van der Waals surface area contributed by atoms with E-state index in [1.807, 2.05) is 84.9 Å². The summed E-state index contributed by atoms with van der Waals surface area (Å²) in [5, 5.41) is 7.60. The number of fused-ring (bicyclic) bond motifs is 7. The van der Waals surface area contributed by atoms with Crippen molar-refractivity contribution in [3.63, 3.8) is 0 Å². The van der Waals surface area contributed by atoms with E-state index in [-0.39, 0.29) is 59.5 Å². The monoisotopic (exact) mass is 632 g/mol. The van der Waals surface area contributed by atoms with Crippen LogP contribution in [-0.2, 0) is 0 Å². The van der Waals surface area contributed by atoms with Crippen molar-refractivity contribution < 1.29 is 18.1 Å². The van der Waals surface area contributed by atoms with E-state index in [0.717, 1.165) is 65.3 Å². The van der Waals surface area contributed by atoms with Crippen LogP contribution in [0.15, 0.2) is 186 Å². The third-order valence-corrected chi connectivity index (χ3v) is 9.43. The number of benzene rings is 9. The second-order valence-electron chi connectivity index (χ2n) is 12.1. The van der Waals surface area contributed by atoms with E-state index >= 15 is 0 Å². The highest BCUT2D eigenvalue weighted by Gasteiger charge is 2.21. The van der Waals surface area contributed by atoms with Gasteiger partial charge in [0.1, 0.15) is 11.2 Å². The van der Waals surface area contributed by atoms with Gasteiger partial charge in [-0.3, -0.25) is 0 Å². The summed E-state index contributed by atoms with van der Waals surface area (Å²) in [5.74, 6) is 0. The molecule has 228 valence electrons. The minimum Gasteiger partial charge on any atom is -0.455 e. The van der Waals surface area contributed by atoms with Gasteiger partial charge in [0, 0.05) is 16.2 Å². The van der Waals surface area contributed by atoms with Crippen molar-refractivity contribution in [2.45, 2.75) is 0 Å². The Balaban J connectivity index is 1.17. The van der Waals surface area contributed by atoms with Crippen LogP contribution in [0.1, 0.15) is 13.7 Å². The van der Waals surface area contributed by atoms with E-state index in [1.165, 1.54) is 0 Å². The summed E-state index contributed by atoms with van der Waals surface area (Å²) in [6, 6.07) is 36.4. The van der Waals surface area contributed by atoms with Crippen molar-refractivity contribution in [3.8, 4) is 44.5 Å². The maximum Gasteiger partial charge on any atom is 0.143 e. The second kappa shape index (κ2) is 11.1. The first-order chi connectivity index (χ1) is 28.5. The molecule has 0 saturated carbocycles. The molecule has 1 heterocycles. The van der Waals surface area contributed by atoms with E-state index < -0.39 is 12.1 Å². The standard InChI is InChI=1S/C48H30O/c1-3-12-31(13-4-1)33-22-24-34(25-23-33)45-38-16-7-9-18-40(38)46(41-19-10-8-17-39(41)45)42-20-11-21-44-47(42)43-29-27-36-30-35(32-14-5-2-6-15-32)26-28-37(36)48(43)49-44/h1-30H/i1D,2D,3D,4D,5D,6D,12D,13D,14D,15D. The highest BCUT2D eigenvalue weighted by molar-refractivity contribution is 6.27. The molecule has 9 aromatic carbocycles. The number of hydrogen-bond acceptors (Lipinski definition) is 1. The summed E-state index contributed by atoms with van der Waals surface area (Å²) in [5.41, 5.74) is 6.72. The Hall–Kier alpha value is -6.44. The van der Waals surface area contributed by atoms with E-state index in [4.69, 9.17) is 18.1 Å². The lowest BCUT2D eigenvalue weighted by molar-refractivity contribution is 0.673. The smallest absolute Gasteiger partial charge is 0.143 e. The molecule has 0 spiro atoms. The second-order valence-corrected chi connectivity index (χ2v) is 12.1. The molecule has 0 saturated heterocycles. The Kier molecular flexibility index (Phi) is 4.39. The summed E-state index contributed by atoms with van der Waals surface area (Å²) >= 11 is 0. The molecule has 0 atom stereocenters. The lowest BCUT2D eigenvalue weighted by atomic mass is 9.84. The molecule has 0 aliphatic rings. The zero-order chi connectivity index (χ0) is 41.0. The van der Waals surface area contributed by atoms with Crippen molar-refractivity contribution in [3.05, 3.63) is 182 Å². The van der Waals surface area contributed by atoms with Gasteiger partial charge in [-0.1, -0.05) is 157 Å². The number of furan rings is 1. The maximum absolute atomic E-state index is 8.52. The molecule has 0 amide bonds. The SMILES string of the molecule is [2H]c1c([2H])c([2H])c(-c2ccc(-c3c4ccccc4c(-c4cccc5oc6c7ccc(-c8c([2H])c([2H])c([2H])c([2H])c8[2H])cc7ccc6c45)c4ccccc34)cc2)c([2H])c1[2H]. The highest BCUT2D eigenvalue weighted by atomic mass is 16.3. The summed E-state index contributed by atoms with van der Waals surface area (Å²) < 4.78 is 89.5. The van der Waals surface area contributed by atoms with Gasteiger partial charge < -0.3 is 4.42 Å². The molecule has 0 N–H and O–H groups in total. The minimum absolute atomic E-state index is 0.150. The molecule has 49 heavy (non-hydrogen) atoms. The fraction of sp³-hybridized carbons (Fsp3) is 0. The third kappa shape index (κ3) is 4.40. The Morgan fingerprint density at radius 1 is 0.388 bits per heavy atom. The van der Waals surface area contributed by atoms with Crippen molar-refractivity contribution in [1.82, 2.24) is 0 Å². The van der Waals surface area contributed by atoms with Crippen LogP contribution in [0.4, 0.5) is 0 Å². The lowest BCUT2D eigenvalue weighted by Gasteiger charge is -2.18. The van der Waals surface area contributed by atoms with Gasteiger partial charge in [0.2, 0.25) is 0 Å². The molecule has 1 aromatic heterocycles. The highest BCUT2D eigenvalue weighted by Crippen LogP contribution is 2.47. The van der Waals surface area contributed by atoms with Crippen LogP contribution < -0.4 is 0 Å². The van der Waals surface area contributed by atoms with Gasteiger partial charge in [-0.25, -0.2) is 0 Å². The van der Waals surface area contributed by atoms with Gasteiger partial charge in [-0.05, 0) is 95.7 Å². The van der Waals surface area contributed by atoms with Gasteiger partial charge in [0.05, 0.1) is 13.7 Å². The fourth-order valence-corrected chi connectivity index (χ4v) is 7.30. The van der Waals surface area contributed by atoms with Crippen LogP contribution in [-0.4, -0.2) is 0 Å². The Bertz CT molecular complexity index is 3330. The van der Waals surface area contributed by atoms with Crippen LogP contribution in [0.2, 0.25) is 0 Å². The molecule has 0 aliphatic heterocycles. The minimum atomic E-state index is -0.427. The van der Waals surface area contributed by atoms with Crippen LogP contribution in [0, 0.1) is 0 Å². The van der Waals surface area contributed by atoms with E-state index in [9.17, 15) is 0 Å². The molecule has 10 rings (SSSR count). The van der Waals surface area contributed by atoms with Crippen molar-refractivity contribution in [2.24, 2.45) is 0 Å². The third-order valence-electron chi connectivity index (χ3n) is 9.43. The fourth-order valence-electron chi connectivity index (χ4n) is 7.30. The van der Waals surface area contributed by atoms with E-state index in [0.29, 0.717) is 22.3 Å². The molecule has 0 aliphatic carbocycles. The lowest BCUT2D eigenvalue weighted by Crippen LogP contribution is -1.91. The predicted octanol–water partition coefficient (Wildman–Crippen LogP) is 13.7. The summed E-state index contributed by atoms with van der Waals surface area (Å²) in [4.78, 5) is 0. The summed E-state index contributed by atoms with van der Waals surface area (Å²) in [6.45, 7) is 0. The van der Waals surface area contributed by atoms with Crippen molar-refractivity contribution in [2.75, 3.05) is 0 Å². The Morgan fingerprint density at radius 3 is 1.59 bits per heavy atom. The number of rotatable bonds is 4. The molecule has 0 fully saturated rings. The summed E-state index contributed by atoms with van der Waals surface area (Å²) in [7, 11) is 0. The van der Waals surface area contributed by atoms with Gasteiger partial charge in [-0.2, -0.15) is 0 Å². The van der Waals surface area contributed by atoms with Crippen LogP contribution in [0.5, 0.6) is 0 Å². The normalized spacial score (nSPS) is 14.5. The largest absolute Gasteiger partial charge is 0.455 e. The van der Waals surface area contributed by atoms with Crippen molar-refractivity contribution >= 4 is 54.3 Å². The molecular weight excluding hydrogens is 593 g/mol. The summed E-state index contributed by atoms with van der Waals surface area (Å²) in [6.07, 6.45) is 0. The zero-order valence-electron chi connectivity index (χ0n) is 36.0. The van der Waals surface area contributed by atoms with Crippen LogP contribution in [0.25, 0.3) is 98.8 Å². The Morgan fingerprint density at radius 2 is 0.939 bits per heavy atom. The van der Waals surface area contributed by atoms with Crippen LogP contribution in [0.3, 0.4) is 0 Å². The first kappa shape index (κ1) is 19.4. The van der Waals surface area contributed by atoms with Gasteiger partial charge in [0.15, 0.2) is 0 Å². The quantitative estimate of drug-likeness (QED) is 0.176. The molecule has 0 bridgehead atoms. The molecule has 0 unspecified atom stereocenters. The van der Waals surface area contributed by atoms with Gasteiger partial charge in [-0.15, -0.1) is 0 Å². The molecule has 1 heteroatoms. The zero-order valence-corrected chi connectivity index (χ0v) is 26.0. The first-order valence-corrected chi connectivity index (χ1v) is 16.0. The average molecular weight is 633 g/mol.